The molecule has 21 heavy (non-hydrogen) atoms. The van der Waals surface area contributed by atoms with E-state index in [2.05, 4.69) is 39.9 Å². The molecular formula is C18H29F2N. The van der Waals surface area contributed by atoms with Crippen molar-refractivity contribution in [1.82, 2.24) is 5.32 Å². The summed E-state index contributed by atoms with van der Waals surface area (Å²) in [4.78, 5) is 0. The second-order valence-electron chi connectivity index (χ2n) is 7.11. The lowest BCUT2D eigenvalue weighted by Crippen LogP contribution is -2.29. The number of aryl methyl sites for hydroxylation is 1. The number of rotatable bonds is 6. The minimum absolute atomic E-state index is 0.144. The number of nitrogens with one attached hydrogen (secondary N) is 1. The van der Waals surface area contributed by atoms with Crippen LogP contribution in [0.1, 0.15) is 64.6 Å². The molecule has 0 aliphatic rings. The van der Waals surface area contributed by atoms with Gasteiger partial charge in [-0.3, -0.25) is 0 Å². The Labute approximate surface area is 128 Å². The molecule has 0 bridgehead atoms. The van der Waals surface area contributed by atoms with Crippen LogP contribution in [0.4, 0.5) is 8.78 Å². The first-order valence-electron chi connectivity index (χ1n) is 7.86. The van der Waals surface area contributed by atoms with Gasteiger partial charge >= 0.3 is 0 Å². The summed E-state index contributed by atoms with van der Waals surface area (Å²) in [7, 11) is 0. The highest BCUT2D eigenvalue weighted by molar-refractivity contribution is 5.28. The molecule has 0 radical (unpaired) electrons. The zero-order valence-electron chi connectivity index (χ0n) is 14.2. The molecule has 0 aromatic heterocycles. The van der Waals surface area contributed by atoms with Gasteiger partial charge < -0.3 is 5.32 Å². The monoisotopic (exact) mass is 297 g/mol. The zero-order valence-corrected chi connectivity index (χ0v) is 14.2. The molecule has 0 saturated heterocycles. The Morgan fingerprint density at radius 1 is 1.14 bits per heavy atom. The van der Waals surface area contributed by atoms with E-state index in [1.54, 1.807) is 19.1 Å². The van der Waals surface area contributed by atoms with Gasteiger partial charge in [-0.2, -0.15) is 0 Å². The third-order valence-electron chi connectivity index (χ3n) is 4.39. The van der Waals surface area contributed by atoms with Crippen LogP contribution in [0.25, 0.3) is 0 Å². The molecule has 2 atom stereocenters. The lowest BCUT2D eigenvalue weighted by Gasteiger charge is -2.31. The highest BCUT2D eigenvalue weighted by Crippen LogP contribution is 2.34. The van der Waals surface area contributed by atoms with Crippen molar-refractivity contribution < 1.29 is 8.78 Å². The van der Waals surface area contributed by atoms with Crippen molar-refractivity contribution in [3.05, 3.63) is 34.9 Å². The summed E-state index contributed by atoms with van der Waals surface area (Å²) >= 11 is 0. The molecule has 1 aromatic carbocycles. The molecule has 1 nitrogen and oxygen atoms in total. The molecular weight excluding hydrogens is 268 g/mol. The summed E-state index contributed by atoms with van der Waals surface area (Å²) in [6.07, 6.45) is 1.76. The molecule has 0 spiro atoms. The summed E-state index contributed by atoms with van der Waals surface area (Å²) in [5.41, 5.74) is 0.947. The van der Waals surface area contributed by atoms with Crippen LogP contribution in [0.2, 0.25) is 0 Å². The lowest BCUT2D eigenvalue weighted by atomic mass is 9.77. The van der Waals surface area contributed by atoms with Crippen molar-refractivity contribution in [2.24, 2.45) is 11.3 Å². The summed E-state index contributed by atoms with van der Waals surface area (Å²) < 4.78 is 28.1. The molecule has 1 aromatic rings. The Hall–Kier alpha value is -0.960. The lowest BCUT2D eigenvalue weighted by molar-refractivity contribution is 0.221. The van der Waals surface area contributed by atoms with Crippen LogP contribution in [0, 0.1) is 29.9 Å². The fraction of sp³-hybridized carbons (Fsp3) is 0.667. The van der Waals surface area contributed by atoms with Crippen molar-refractivity contribution >= 4 is 0 Å². The standard InChI is InChI=1S/C18H29F2N/c1-7-10-21-15(11-13(3)18(4,5)6)14-9-8-12(2)16(19)17(14)20/h8-9,13,15,21H,7,10-11H2,1-6H3. The zero-order chi connectivity index (χ0) is 16.2. The summed E-state index contributed by atoms with van der Waals surface area (Å²) in [6.45, 7) is 13.2. The normalized spacial score (nSPS) is 15.0. The highest BCUT2D eigenvalue weighted by atomic mass is 19.2. The van der Waals surface area contributed by atoms with Crippen LogP contribution >= 0.6 is 0 Å². The Morgan fingerprint density at radius 3 is 2.29 bits per heavy atom. The van der Waals surface area contributed by atoms with Crippen LogP contribution in [0.5, 0.6) is 0 Å². The van der Waals surface area contributed by atoms with Gasteiger partial charge in [-0.05, 0) is 43.2 Å². The third-order valence-corrected chi connectivity index (χ3v) is 4.39. The maximum absolute atomic E-state index is 14.3. The number of hydrogen-bond acceptors (Lipinski definition) is 1. The maximum Gasteiger partial charge on any atom is 0.163 e. The smallest absolute Gasteiger partial charge is 0.163 e. The van der Waals surface area contributed by atoms with Gasteiger partial charge in [0, 0.05) is 11.6 Å². The first-order chi connectivity index (χ1) is 9.68. The van der Waals surface area contributed by atoms with Gasteiger partial charge in [0.25, 0.3) is 0 Å². The molecule has 0 aliphatic heterocycles. The number of halogens is 2. The summed E-state index contributed by atoms with van der Waals surface area (Å²) in [5, 5.41) is 3.37. The average Bonchev–Trinajstić information content (AvgIpc) is 2.40. The Morgan fingerprint density at radius 2 is 1.76 bits per heavy atom. The van der Waals surface area contributed by atoms with E-state index in [1.165, 1.54) is 0 Å². The van der Waals surface area contributed by atoms with E-state index >= 15 is 0 Å². The predicted molar refractivity (Wildman–Crippen MR) is 85.4 cm³/mol. The maximum atomic E-state index is 14.3. The van der Waals surface area contributed by atoms with E-state index in [4.69, 9.17) is 0 Å². The van der Waals surface area contributed by atoms with Gasteiger partial charge in [-0.25, -0.2) is 8.78 Å². The van der Waals surface area contributed by atoms with Gasteiger partial charge in [0.2, 0.25) is 0 Å². The van der Waals surface area contributed by atoms with Crippen molar-refractivity contribution in [3.63, 3.8) is 0 Å². The Kier molecular flexibility index (Phi) is 6.33. The van der Waals surface area contributed by atoms with Gasteiger partial charge in [0.15, 0.2) is 11.6 Å². The minimum Gasteiger partial charge on any atom is -0.310 e. The quantitative estimate of drug-likeness (QED) is 0.742. The first-order valence-corrected chi connectivity index (χ1v) is 7.86. The molecule has 1 rings (SSSR count). The van der Waals surface area contributed by atoms with Gasteiger partial charge in [-0.1, -0.05) is 46.8 Å². The molecule has 0 amide bonds. The summed E-state index contributed by atoms with van der Waals surface area (Å²) in [6, 6.07) is 3.24. The molecule has 0 heterocycles. The Balaban J connectivity index is 3.05. The second-order valence-corrected chi connectivity index (χ2v) is 7.11. The minimum atomic E-state index is -0.723. The van der Waals surface area contributed by atoms with Crippen molar-refractivity contribution in [3.8, 4) is 0 Å². The van der Waals surface area contributed by atoms with E-state index < -0.39 is 11.6 Å². The molecule has 0 saturated carbocycles. The second kappa shape index (κ2) is 7.35. The van der Waals surface area contributed by atoms with E-state index in [9.17, 15) is 8.78 Å². The number of hydrogen-bond donors (Lipinski definition) is 1. The highest BCUT2D eigenvalue weighted by Gasteiger charge is 2.26. The Bertz CT molecular complexity index is 463. The SMILES string of the molecule is CCCNC(CC(C)C(C)(C)C)c1ccc(C)c(F)c1F. The molecule has 120 valence electrons. The fourth-order valence-corrected chi connectivity index (χ4v) is 2.28. The largest absolute Gasteiger partial charge is 0.310 e. The number of benzene rings is 1. The van der Waals surface area contributed by atoms with E-state index in [0.717, 1.165) is 19.4 Å². The van der Waals surface area contributed by atoms with Gasteiger partial charge in [0.1, 0.15) is 0 Å². The van der Waals surface area contributed by atoms with E-state index in [1.807, 2.05) is 0 Å². The van der Waals surface area contributed by atoms with Crippen molar-refractivity contribution in [1.29, 1.82) is 0 Å². The summed E-state index contributed by atoms with van der Waals surface area (Å²) in [5.74, 6) is -1.03. The predicted octanol–water partition coefficient (Wildman–Crippen LogP) is 5.39. The molecule has 0 aliphatic carbocycles. The molecule has 2 unspecified atom stereocenters. The molecule has 3 heteroatoms. The van der Waals surface area contributed by atoms with Gasteiger partial charge in [-0.15, -0.1) is 0 Å². The van der Waals surface area contributed by atoms with Crippen LogP contribution in [-0.4, -0.2) is 6.54 Å². The first kappa shape index (κ1) is 18.1. The average molecular weight is 297 g/mol. The van der Waals surface area contributed by atoms with Crippen LogP contribution < -0.4 is 5.32 Å². The van der Waals surface area contributed by atoms with Crippen molar-refractivity contribution in [2.75, 3.05) is 6.54 Å². The van der Waals surface area contributed by atoms with Crippen LogP contribution in [-0.2, 0) is 0 Å². The molecule has 1 N–H and O–H groups in total. The van der Waals surface area contributed by atoms with E-state index in [0.29, 0.717) is 17.0 Å². The third kappa shape index (κ3) is 4.77. The topological polar surface area (TPSA) is 12.0 Å². The van der Waals surface area contributed by atoms with E-state index in [-0.39, 0.29) is 11.5 Å². The van der Waals surface area contributed by atoms with Crippen LogP contribution in [0.15, 0.2) is 12.1 Å². The molecule has 0 fully saturated rings. The van der Waals surface area contributed by atoms with Gasteiger partial charge in [0.05, 0.1) is 0 Å². The van der Waals surface area contributed by atoms with Crippen LogP contribution in [0.3, 0.4) is 0 Å². The fourth-order valence-electron chi connectivity index (χ4n) is 2.28. The van der Waals surface area contributed by atoms with Crippen molar-refractivity contribution in [2.45, 2.75) is 60.4 Å².